The summed E-state index contributed by atoms with van der Waals surface area (Å²) in [6.45, 7) is 5.41. The van der Waals surface area contributed by atoms with Gasteiger partial charge in [0.2, 0.25) is 5.91 Å². The highest BCUT2D eigenvalue weighted by atomic mass is 35.5. The first-order valence-corrected chi connectivity index (χ1v) is 6.27. The summed E-state index contributed by atoms with van der Waals surface area (Å²) in [6.07, 6.45) is 0. The lowest BCUT2D eigenvalue weighted by Gasteiger charge is -2.32. The van der Waals surface area contributed by atoms with Gasteiger partial charge in [0.05, 0.1) is 28.0 Å². The minimum absolute atomic E-state index is 0.0171. The molecule has 92 valence electrons. The molecule has 5 heteroatoms. The summed E-state index contributed by atoms with van der Waals surface area (Å²) < 4.78 is 0. The molecule has 1 heterocycles. The predicted molar refractivity (Wildman–Crippen MR) is 72.1 cm³/mol. The second-order valence-electron chi connectivity index (χ2n) is 4.61. The fourth-order valence-corrected chi connectivity index (χ4v) is 2.27. The Hall–Kier alpha value is -0.930. The number of amides is 1. The lowest BCUT2D eigenvalue weighted by molar-refractivity contribution is -0.115. The lowest BCUT2D eigenvalue weighted by atomic mass is 10.1. The van der Waals surface area contributed by atoms with E-state index >= 15 is 0 Å². The summed E-state index contributed by atoms with van der Waals surface area (Å²) in [5.41, 5.74) is 1.67. The van der Waals surface area contributed by atoms with E-state index in [1.54, 1.807) is 12.1 Å². The van der Waals surface area contributed by atoms with Crippen molar-refractivity contribution < 1.29 is 4.79 Å². The number of halogens is 2. The van der Waals surface area contributed by atoms with Crippen LogP contribution in [-0.2, 0) is 4.79 Å². The van der Waals surface area contributed by atoms with Crippen molar-refractivity contribution in [3.63, 3.8) is 0 Å². The molecule has 1 aliphatic heterocycles. The number of anilines is 2. The van der Waals surface area contributed by atoms with Gasteiger partial charge in [0.25, 0.3) is 0 Å². The van der Waals surface area contributed by atoms with Crippen LogP contribution in [0.2, 0.25) is 10.0 Å². The van der Waals surface area contributed by atoms with E-state index in [0.29, 0.717) is 22.5 Å². The van der Waals surface area contributed by atoms with Crippen LogP contribution in [-0.4, -0.2) is 19.0 Å². The smallest absolute Gasteiger partial charge is 0.243 e. The van der Waals surface area contributed by atoms with Crippen LogP contribution < -0.4 is 10.2 Å². The van der Waals surface area contributed by atoms with Crippen molar-refractivity contribution in [2.45, 2.75) is 13.8 Å². The maximum Gasteiger partial charge on any atom is 0.243 e. The highest BCUT2D eigenvalue weighted by molar-refractivity contribution is 6.42. The van der Waals surface area contributed by atoms with Crippen LogP contribution in [0.5, 0.6) is 0 Å². The zero-order valence-corrected chi connectivity index (χ0v) is 11.3. The van der Waals surface area contributed by atoms with Gasteiger partial charge in [0, 0.05) is 6.54 Å². The minimum Gasteiger partial charge on any atom is -0.360 e. The van der Waals surface area contributed by atoms with E-state index in [1.165, 1.54) is 0 Å². The van der Waals surface area contributed by atoms with E-state index < -0.39 is 0 Å². The average Bonchev–Trinajstić information content (AvgIpc) is 2.20. The molecule has 0 saturated heterocycles. The summed E-state index contributed by atoms with van der Waals surface area (Å²) in [4.78, 5) is 13.6. The van der Waals surface area contributed by atoms with E-state index in [2.05, 4.69) is 19.2 Å². The Balaban J connectivity index is 2.41. The van der Waals surface area contributed by atoms with Crippen molar-refractivity contribution in [3.05, 3.63) is 22.2 Å². The number of carbonyl (C=O) groups excluding carboxylic acids is 1. The Labute approximate surface area is 111 Å². The van der Waals surface area contributed by atoms with Crippen molar-refractivity contribution in [2.24, 2.45) is 5.92 Å². The summed E-state index contributed by atoms with van der Waals surface area (Å²) in [5, 5.41) is 3.77. The normalized spacial score (nSPS) is 14.9. The first kappa shape index (κ1) is 12.5. The van der Waals surface area contributed by atoms with Crippen molar-refractivity contribution in [2.75, 3.05) is 23.3 Å². The van der Waals surface area contributed by atoms with Crippen LogP contribution in [0.1, 0.15) is 13.8 Å². The van der Waals surface area contributed by atoms with Crippen LogP contribution in [0.3, 0.4) is 0 Å². The summed E-state index contributed by atoms with van der Waals surface area (Å²) in [5.74, 6) is 0.458. The maximum absolute atomic E-state index is 11.6. The third-order valence-electron chi connectivity index (χ3n) is 2.57. The first-order chi connectivity index (χ1) is 7.97. The van der Waals surface area contributed by atoms with E-state index in [-0.39, 0.29) is 5.91 Å². The van der Waals surface area contributed by atoms with Crippen molar-refractivity contribution in [3.8, 4) is 0 Å². The summed E-state index contributed by atoms with van der Waals surface area (Å²) >= 11 is 12.0. The summed E-state index contributed by atoms with van der Waals surface area (Å²) in [7, 11) is 0. The zero-order chi connectivity index (χ0) is 12.6. The zero-order valence-electron chi connectivity index (χ0n) is 9.76. The molecule has 0 unspecified atom stereocenters. The number of nitrogens with one attached hydrogen (secondary N) is 1. The van der Waals surface area contributed by atoms with E-state index in [9.17, 15) is 4.79 Å². The number of benzene rings is 1. The van der Waals surface area contributed by atoms with Crippen LogP contribution in [0.4, 0.5) is 11.4 Å². The number of nitrogens with zero attached hydrogens (tertiary/aromatic N) is 1. The molecule has 0 radical (unpaired) electrons. The van der Waals surface area contributed by atoms with Gasteiger partial charge in [-0.2, -0.15) is 0 Å². The second kappa shape index (κ2) is 4.75. The van der Waals surface area contributed by atoms with E-state index in [1.807, 2.05) is 4.90 Å². The van der Waals surface area contributed by atoms with Crippen LogP contribution in [0, 0.1) is 5.92 Å². The van der Waals surface area contributed by atoms with Gasteiger partial charge in [-0.15, -0.1) is 0 Å². The highest BCUT2D eigenvalue weighted by Gasteiger charge is 2.23. The molecule has 0 fully saturated rings. The average molecular weight is 273 g/mol. The third-order valence-corrected chi connectivity index (χ3v) is 3.30. The molecule has 1 aromatic carbocycles. The lowest BCUT2D eigenvalue weighted by Crippen LogP contribution is -2.40. The standard InChI is InChI=1S/C12H14Cl2N2O/c1-7(2)5-16-6-12(17)15-10-3-8(13)9(14)4-11(10)16/h3-4,7H,5-6H2,1-2H3,(H,15,17). The molecule has 0 aliphatic carbocycles. The molecule has 3 nitrogen and oxygen atoms in total. The van der Waals surface area contributed by atoms with Gasteiger partial charge in [-0.25, -0.2) is 0 Å². The Morgan fingerprint density at radius 1 is 1.35 bits per heavy atom. The SMILES string of the molecule is CC(C)CN1CC(=O)Nc2cc(Cl)c(Cl)cc21. The Kier molecular flexibility index (Phi) is 3.50. The van der Waals surface area contributed by atoms with Crippen LogP contribution >= 0.6 is 23.2 Å². The number of carbonyl (C=O) groups is 1. The number of fused-ring (bicyclic) bond motifs is 1. The molecule has 0 spiro atoms. The predicted octanol–water partition coefficient (Wildman–Crippen LogP) is 3.41. The Morgan fingerprint density at radius 2 is 2.00 bits per heavy atom. The third kappa shape index (κ3) is 2.67. The molecule has 0 atom stereocenters. The van der Waals surface area contributed by atoms with E-state index in [4.69, 9.17) is 23.2 Å². The molecule has 0 saturated carbocycles. The second-order valence-corrected chi connectivity index (χ2v) is 5.42. The number of hydrogen-bond acceptors (Lipinski definition) is 2. The van der Waals surface area contributed by atoms with Crippen molar-refractivity contribution in [1.82, 2.24) is 0 Å². The van der Waals surface area contributed by atoms with Gasteiger partial charge in [0.1, 0.15) is 0 Å². The van der Waals surface area contributed by atoms with Gasteiger partial charge in [0.15, 0.2) is 0 Å². The monoisotopic (exact) mass is 272 g/mol. The van der Waals surface area contributed by atoms with Gasteiger partial charge in [-0.1, -0.05) is 37.0 Å². The van der Waals surface area contributed by atoms with Gasteiger partial charge in [-0.05, 0) is 18.1 Å². The number of rotatable bonds is 2. The molecule has 0 aromatic heterocycles. The van der Waals surface area contributed by atoms with E-state index in [0.717, 1.165) is 17.9 Å². The topological polar surface area (TPSA) is 32.3 Å². The number of hydrogen-bond donors (Lipinski definition) is 1. The van der Waals surface area contributed by atoms with Gasteiger partial charge in [-0.3, -0.25) is 4.79 Å². The molecular weight excluding hydrogens is 259 g/mol. The van der Waals surface area contributed by atoms with Gasteiger partial charge < -0.3 is 10.2 Å². The first-order valence-electron chi connectivity index (χ1n) is 5.51. The quantitative estimate of drug-likeness (QED) is 0.895. The fraction of sp³-hybridized carbons (Fsp3) is 0.417. The molecule has 1 amide bonds. The molecule has 2 rings (SSSR count). The molecule has 1 N–H and O–H groups in total. The van der Waals surface area contributed by atoms with Gasteiger partial charge >= 0.3 is 0 Å². The molecule has 17 heavy (non-hydrogen) atoms. The fourth-order valence-electron chi connectivity index (χ4n) is 1.95. The minimum atomic E-state index is -0.0171. The molecule has 0 bridgehead atoms. The largest absolute Gasteiger partial charge is 0.360 e. The molecule has 1 aliphatic rings. The van der Waals surface area contributed by atoms with Crippen LogP contribution in [0.15, 0.2) is 12.1 Å². The maximum atomic E-state index is 11.6. The highest BCUT2D eigenvalue weighted by Crippen LogP contribution is 2.37. The Bertz CT molecular complexity index is 460. The molecular formula is C12H14Cl2N2O. The molecule has 1 aromatic rings. The van der Waals surface area contributed by atoms with Crippen molar-refractivity contribution in [1.29, 1.82) is 0 Å². The van der Waals surface area contributed by atoms with Crippen LogP contribution in [0.25, 0.3) is 0 Å². The van der Waals surface area contributed by atoms with Crippen molar-refractivity contribution >= 4 is 40.5 Å². The Morgan fingerprint density at radius 3 is 2.65 bits per heavy atom. The summed E-state index contributed by atoms with van der Waals surface area (Å²) in [6, 6.07) is 3.50.